The number of carbonyl (C=O) groups excluding carboxylic acids is 3. The van der Waals surface area contributed by atoms with Gasteiger partial charge in [0.2, 0.25) is 0 Å². The monoisotopic (exact) mass is 588 g/mol. The molecule has 2 aromatic rings. The highest BCUT2D eigenvalue weighted by molar-refractivity contribution is 7.90. The smallest absolute Gasteiger partial charge is 0.379 e. The summed E-state index contributed by atoms with van der Waals surface area (Å²) in [6.45, 7) is 0.494. The topological polar surface area (TPSA) is 137 Å². The molecule has 4 amide bonds. The molecule has 0 bridgehead atoms. The average molecular weight is 589 g/mol. The van der Waals surface area contributed by atoms with Crippen LogP contribution in [0.5, 0.6) is 0 Å². The maximum atomic E-state index is 14.2. The van der Waals surface area contributed by atoms with Gasteiger partial charge in [-0.3, -0.25) is 9.69 Å². The van der Waals surface area contributed by atoms with Gasteiger partial charge in [0.25, 0.3) is 0 Å². The Bertz CT molecular complexity index is 1640. The summed E-state index contributed by atoms with van der Waals surface area (Å²) in [6.07, 6.45) is -3.55. The number of imide groups is 1. The van der Waals surface area contributed by atoms with Crippen LogP contribution in [-0.4, -0.2) is 56.7 Å². The Morgan fingerprint density at radius 1 is 1.15 bits per heavy atom. The number of sulfone groups is 1. The number of rotatable bonds is 4. The minimum absolute atomic E-state index is 0.00652. The molecule has 2 aliphatic heterocycles. The fourth-order valence-corrected chi connectivity index (χ4v) is 6.25. The molecule has 0 saturated carbocycles. The number of hydrogen-bond acceptors (Lipinski definition) is 7. The van der Waals surface area contributed by atoms with Crippen LogP contribution in [-0.2, 0) is 25.5 Å². The third-order valence-corrected chi connectivity index (χ3v) is 8.30. The van der Waals surface area contributed by atoms with Gasteiger partial charge in [0.1, 0.15) is 6.04 Å². The molecule has 3 aliphatic rings. The van der Waals surface area contributed by atoms with Crippen molar-refractivity contribution in [1.82, 2.24) is 10.2 Å². The van der Waals surface area contributed by atoms with Crippen molar-refractivity contribution in [2.75, 3.05) is 24.4 Å². The molecule has 10 nitrogen and oxygen atoms in total. The lowest BCUT2D eigenvalue weighted by Gasteiger charge is -2.41. The second kappa shape index (κ2) is 10.3. The molecular weight excluding hydrogens is 565 g/mol. The van der Waals surface area contributed by atoms with Crippen LogP contribution in [0.3, 0.4) is 0 Å². The van der Waals surface area contributed by atoms with Crippen LogP contribution in [0.15, 0.2) is 58.6 Å². The summed E-state index contributed by atoms with van der Waals surface area (Å²) >= 11 is 0. The number of halogens is 3. The SMILES string of the molecule is CS(=O)(=O)c1cc(C#N)ccc1[C@@H]1C2=C(CCC2=O)N(c2cccc(C(F)(F)F)c2)C(=O)N1C(=O)NC1CCOC1. The molecule has 214 valence electrons. The first-order chi connectivity index (χ1) is 19.3. The Hall–Kier alpha value is -4.22. The van der Waals surface area contributed by atoms with Crippen molar-refractivity contribution in [3.8, 4) is 6.07 Å². The summed E-state index contributed by atoms with van der Waals surface area (Å²) in [5.41, 5.74) is -1.37. The largest absolute Gasteiger partial charge is 0.416 e. The van der Waals surface area contributed by atoms with E-state index in [0.717, 1.165) is 35.4 Å². The van der Waals surface area contributed by atoms with Crippen molar-refractivity contribution in [1.29, 1.82) is 5.26 Å². The first-order valence-electron chi connectivity index (χ1n) is 12.5. The maximum Gasteiger partial charge on any atom is 0.416 e. The zero-order valence-electron chi connectivity index (χ0n) is 21.6. The van der Waals surface area contributed by atoms with Crippen molar-refractivity contribution in [2.45, 2.75) is 42.4 Å². The minimum Gasteiger partial charge on any atom is -0.379 e. The molecule has 1 saturated heterocycles. The van der Waals surface area contributed by atoms with E-state index < -0.39 is 51.5 Å². The lowest BCUT2D eigenvalue weighted by Crippen LogP contribution is -2.57. The fraction of sp³-hybridized carbons (Fsp3) is 0.333. The number of Topliss-reactive ketones (excluding diaryl/α,β-unsaturated/α-hetero) is 1. The van der Waals surface area contributed by atoms with Crippen molar-refractivity contribution >= 4 is 33.4 Å². The highest BCUT2D eigenvalue weighted by atomic mass is 32.2. The number of urea groups is 2. The molecule has 1 N–H and O–H groups in total. The molecule has 14 heteroatoms. The van der Waals surface area contributed by atoms with E-state index in [9.17, 15) is 41.2 Å². The van der Waals surface area contributed by atoms with Gasteiger partial charge in [0.05, 0.1) is 40.4 Å². The van der Waals surface area contributed by atoms with Crippen LogP contribution in [0.2, 0.25) is 0 Å². The lowest BCUT2D eigenvalue weighted by atomic mass is 9.92. The summed E-state index contributed by atoms with van der Waals surface area (Å²) in [5, 5.41) is 12.0. The Kier molecular flexibility index (Phi) is 7.12. The summed E-state index contributed by atoms with van der Waals surface area (Å²) in [7, 11) is -4.05. The molecule has 2 aromatic carbocycles. The third-order valence-electron chi connectivity index (χ3n) is 7.14. The van der Waals surface area contributed by atoms with Gasteiger partial charge in [-0.05, 0) is 48.7 Å². The fourth-order valence-electron chi connectivity index (χ4n) is 5.30. The number of alkyl halides is 3. The van der Waals surface area contributed by atoms with E-state index in [1.807, 2.05) is 6.07 Å². The molecule has 2 heterocycles. The number of ketones is 1. The molecule has 41 heavy (non-hydrogen) atoms. The van der Waals surface area contributed by atoms with Crippen LogP contribution < -0.4 is 10.2 Å². The first-order valence-corrected chi connectivity index (χ1v) is 14.4. The second-order valence-electron chi connectivity index (χ2n) is 9.87. The number of benzene rings is 2. The number of nitriles is 1. The van der Waals surface area contributed by atoms with Crippen molar-refractivity contribution in [3.05, 3.63) is 70.4 Å². The summed E-state index contributed by atoms with van der Waals surface area (Å²) in [6, 6.07) is 5.37. The molecule has 2 atom stereocenters. The standard InChI is InChI=1S/C27H23F3N4O6S/c1-41(38,39)22-11-15(13-31)5-6-19(22)24-23-20(7-8-21(23)35)33(18-4-2-3-16(12-18)27(28,29)30)26(37)34(24)25(36)32-17-9-10-40-14-17/h2-6,11-12,17,24H,7-10,14H2,1H3,(H,32,36)/t17?,24-/m1/s1. The van der Waals surface area contributed by atoms with E-state index in [-0.39, 0.29) is 52.4 Å². The van der Waals surface area contributed by atoms with Gasteiger partial charge in [0, 0.05) is 30.6 Å². The maximum absolute atomic E-state index is 14.2. The van der Waals surface area contributed by atoms with Gasteiger partial charge < -0.3 is 10.1 Å². The Balaban J connectivity index is 1.75. The number of carbonyl (C=O) groups is 3. The molecule has 5 rings (SSSR count). The number of anilines is 1. The Morgan fingerprint density at radius 3 is 2.54 bits per heavy atom. The van der Waals surface area contributed by atoms with E-state index in [1.54, 1.807) is 0 Å². The van der Waals surface area contributed by atoms with E-state index in [0.29, 0.717) is 17.9 Å². The van der Waals surface area contributed by atoms with Gasteiger partial charge in [-0.15, -0.1) is 0 Å². The highest BCUT2D eigenvalue weighted by Gasteiger charge is 2.50. The van der Waals surface area contributed by atoms with Gasteiger partial charge in [-0.25, -0.2) is 22.9 Å². The first kappa shape index (κ1) is 28.3. The number of allylic oxidation sites excluding steroid dienone is 1. The number of nitrogens with zero attached hydrogens (tertiary/aromatic N) is 3. The summed E-state index contributed by atoms with van der Waals surface area (Å²) in [5.74, 6) is -0.500. The normalized spacial score (nSPS) is 21.2. The van der Waals surface area contributed by atoms with Gasteiger partial charge >= 0.3 is 18.2 Å². The molecule has 1 aliphatic carbocycles. The van der Waals surface area contributed by atoms with Crippen LogP contribution in [0.1, 0.15) is 42.0 Å². The van der Waals surface area contributed by atoms with E-state index >= 15 is 0 Å². The lowest BCUT2D eigenvalue weighted by molar-refractivity contribution is -0.137. The van der Waals surface area contributed by atoms with Crippen molar-refractivity contribution in [2.24, 2.45) is 0 Å². The van der Waals surface area contributed by atoms with Crippen molar-refractivity contribution in [3.63, 3.8) is 0 Å². The van der Waals surface area contributed by atoms with Gasteiger partial charge in [0.15, 0.2) is 15.6 Å². The average Bonchev–Trinajstić information content (AvgIpc) is 3.56. The van der Waals surface area contributed by atoms with Gasteiger partial charge in [-0.2, -0.15) is 18.4 Å². The van der Waals surface area contributed by atoms with E-state index in [2.05, 4.69) is 5.32 Å². The molecule has 1 fully saturated rings. The summed E-state index contributed by atoms with van der Waals surface area (Å²) in [4.78, 5) is 42.4. The number of nitrogens with one attached hydrogen (secondary N) is 1. The second-order valence-corrected chi connectivity index (χ2v) is 11.9. The third kappa shape index (κ3) is 5.18. The van der Waals surface area contributed by atoms with Crippen LogP contribution in [0.25, 0.3) is 0 Å². The van der Waals surface area contributed by atoms with Crippen LogP contribution in [0, 0.1) is 11.3 Å². The quantitative estimate of drug-likeness (QED) is 0.568. The van der Waals surface area contributed by atoms with E-state index in [4.69, 9.17) is 4.74 Å². The highest BCUT2D eigenvalue weighted by Crippen LogP contribution is 2.47. The summed E-state index contributed by atoms with van der Waals surface area (Å²) < 4.78 is 71.7. The number of hydrogen-bond donors (Lipinski definition) is 1. The Labute approximate surface area is 232 Å². The van der Waals surface area contributed by atoms with Gasteiger partial charge in [-0.1, -0.05) is 12.1 Å². The molecule has 0 aromatic heterocycles. The molecular formula is C27H23F3N4O6S. The zero-order chi connectivity index (χ0) is 29.7. The van der Waals surface area contributed by atoms with E-state index in [1.165, 1.54) is 18.2 Å². The van der Waals surface area contributed by atoms with Crippen molar-refractivity contribution < 1.29 is 40.7 Å². The zero-order valence-corrected chi connectivity index (χ0v) is 22.4. The predicted octanol–water partition coefficient (Wildman–Crippen LogP) is 4.08. The minimum atomic E-state index is -4.73. The molecule has 0 radical (unpaired) electrons. The van der Waals surface area contributed by atoms with Crippen LogP contribution >= 0.6 is 0 Å². The molecule has 0 spiro atoms. The predicted molar refractivity (Wildman–Crippen MR) is 137 cm³/mol. The van der Waals surface area contributed by atoms with Crippen LogP contribution in [0.4, 0.5) is 28.4 Å². The number of ether oxygens (including phenoxy) is 1. The molecule has 1 unspecified atom stereocenters. The number of amides is 4. The Morgan fingerprint density at radius 2 is 1.90 bits per heavy atom.